The number of nitrogens with zero attached hydrogens (tertiary/aromatic N) is 1. The fraction of sp³-hybridized carbons (Fsp3) is 0.625. The number of likely N-dealkylation sites (tertiary alicyclic amines) is 1. The molecule has 1 aliphatic heterocycles. The van der Waals surface area contributed by atoms with Gasteiger partial charge in [-0.3, -0.25) is 0 Å². The molecule has 0 radical (unpaired) electrons. The molecule has 0 saturated carbocycles. The van der Waals surface area contributed by atoms with Crippen molar-refractivity contribution in [2.75, 3.05) is 26.7 Å². The van der Waals surface area contributed by atoms with Crippen molar-refractivity contribution in [3.63, 3.8) is 0 Å². The fourth-order valence-corrected chi connectivity index (χ4v) is 2.67. The van der Waals surface area contributed by atoms with Crippen LogP contribution in [0.3, 0.4) is 0 Å². The third-order valence-corrected chi connectivity index (χ3v) is 4.09. The molecule has 2 rings (SSSR count). The summed E-state index contributed by atoms with van der Waals surface area (Å²) in [6.45, 7) is 9.07. The third kappa shape index (κ3) is 3.82. The van der Waals surface area contributed by atoms with Gasteiger partial charge in [-0.15, -0.1) is 0 Å². The van der Waals surface area contributed by atoms with Gasteiger partial charge in [0.1, 0.15) is 0 Å². The van der Waals surface area contributed by atoms with Gasteiger partial charge in [0.25, 0.3) is 0 Å². The first-order valence-corrected chi connectivity index (χ1v) is 7.10. The summed E-state index contributed by atoms with van der Waals surface area (Å²) in [5.74, 6) is 0.867. The summed E-state index contributed by atoms with van der Waals surface area (Å²) < 4.78 is 0. The highest BCUT2D eigenvalue weighted by molar-refractivity contribution is 5.30. The minimum Gasteiger partial charge on any atom is -0.312 e. The van der Waals surface area contributed by atoms with Crippen LogP contribution in [0.15, 0.2) is 18.2 Å². The van der Waals surface area contributed by atoms with Crippen molar-refractivity contribution in [2.45, 2.75) is 33.2 Å². The van der Waals surface area contributed by atoms with Gasteiger partial charge in [0, 0.05) is 6.54 Å². The SMILES string of the molecule is Cc1ccc(C)c(CNCC2CCN(C)CC2)c1. The summed E-state index contributed by atoms with van der Waals surface area (Å²) in [7, 11) is 2.22. The van der Waals surface area contributed by atoms with Gasteiger partial charge in [-0.2, -0.15) is 0 Å². The lowest BCUT2D eigenvalue weighted by atomic mass is 9.97. The summed E-state index contributed by atoms with van der Waals surface area (Å²) in [6.07, 6.45) is 2.69. The topological polar surface area (TPSA) is 15.3 Å². The Morgan fingerprint density at radius 1 is 1.22 bits per heavy atom. The number of rotatable bonds is 4. The van der Waals surface area contributed by atoms with Crippen LogP contribution < -0.4 is 5.32 Å². The average molecular weight is 246 g/mol. The van der Waals surface area contributed by atoms with Crippen molar-refractivity contribution in [3.8, 4) is 0 Å². The first kappa shape index (κ1) is 13.6. The molecule has 1 heterocycles. The Balaban J connectivity index is 1.76. The highest BCUT2D eigenvalue weighted by Gasteiger charge is 2.15. The van der Waals surface area contributed by atoms with E-state index in [1.54, 1.807) is 0 Å². The van der Waals surface area contributed by atoms with Crippen LogP contribution in [0.4, 0.5) is 0 Å². The van der Waals surface area contributed by atoms with Gasteiger partial charge in [0.15, 0.2) is 0 Å². The van der Waals surface area contributed by atoms with E-state index in [2.05, 4.69) is 49.3 Å². The predicted octanol–water partition coefficient (Wildman–Crippen LogP) is 2.73. The maximum atomic E-state index is 3.64. The Kier molecular flexibility index (Phi) is 4.79. The Bertz CT molecular complexity index is 379. The van der Waals surface area contributed by atoms with Gasteiger partial charge >= 0.3 is 0 Å². The molecule has 0 unspecified atom stereocenters. The predicted molar refractivity (Wildman–Crippen MR) is 77.8 cm³/mol. The molecule has 1 N–H and O–H groups in total. The second-order valence-electron chi connectivity index (χ2n) is 5.81. The quantitative estimate of drug-likeness (QED) is 0.879. The van der Waals surface area contributed by atoms with Crippen molar-refractivity contribution < 1.29 is 0 Å². The van der Waals surface area contributed by atoms with Gasteiger partial charge in [-0.05, 0) is 70.4 Å². The van der Waals surface area contributed by atoms with E-state index in [-0.39, 0.29) is 0 Å². The zero-order chi connectivity index (χ0) is 13.0. The zero-order valence-corrected chi connectivity index (χ0v) is 12.0. The van der Waals surface area contributed by atoms with E-state index in [4.69, 9.17) is 0 Å². The Morgan fingerprint density at radius 3 is 2.67 bits per heavy atom. The monoisotopic (exact) mass is 246 g/mol. The molecule has 0 aliphatic carbocycles. The molecule has 2 nitrogen and oxygen atoms in total. The lowest BCUT2D eigenvalue weighted by Crippen LogP contribution is -2.34. The summed E-state index contributed by atoms with van der Waals surface area (Å²) in [6, 6.07) is 6.72. The van der Waals surface area contributed by atoms with E-state index in [0.717, 1.165) is 12.5 Å². The van der Waals surface area contributed by atoms with E-state index in [9.17, 15) is 0 Å². The number of piperidine rings is 1. The van der Waals surface area contributed by atoms with Crippen molar-refractivity contribution in [1.82, 2.24) is 10.2 Å². The molecule has 2 heteroatoms. The van der Waals surface area contributed by atoms with Crippen LogP contribution in [-0.2, 0) is 6.54 Å². The minimum atomic E-state index is 0.867. The maximum Gasteiger partial charge on any atom is 0.0208 e. The molecule has 0 aromatic heterocycles. The molecule has 1 saturated heterocycles. The Labute approximate surface area is 111 Å². The average Bonchev–Trinajstić information content (AvgIpc) is 2.36. The Morgan fingerprint density at radius 2 is 1.94 bits per heavy atom. The lowest BCUT2D eigenvalue weighted by molar-refractivity contribution is 0.216. The van der Waals surface area contributed by atoms with Gasteiger partial charge in [0.2, 0.25) is 0 Å². The van der Waals surface area contributed by atoms with Gasteiger partial charge < -0.3 is 10.2 Å². The molecule has 100 valence electrons. The molecule has 0 spiro atoms. The second kappa shape index (κ2) is 6.35. The van der Waals surface area contributed by atoms with Crippen LogP contribution in [0.2, 0.25) is 0 Å². The fourth-order valence-electron chi connectivity index (χ4n) is 2.67. The van der Waals surface area contributed by atoms with Crippen LogP contribution in [0, 0.1) is 19.8 Å². The number of benzene rings is 1. The lowest BCUT2D eigenvalue weighted by Gasteiger charge is -2.29. The van der Waals surface area contributed by atoms with Gasteiger partial charge in [0.05, 0.1) is 0 Å². The molecule has 0 atom stereocenters. The summed E-state index contributed by atoms with van der Waals surface area (Å²) in [4.78, 5) is 2.43. The number of hydrogen-bond donors (Lipinski definition) is 1. The largest absolute Gasteiger partial charge is 0.312 e. The molecule has 1 aromatic carbocycles. The summed E-state index contributed by atoms with van der Waals surface area (Å²) in [5.41, 5.74) is 4.20. The molecular formula is C16H26N2. The van der Waals surface area contributed by atoms with Crippen molar-refractivity contribution >= 4 is 0 Å². The first-order chi connectivity index (χ1) is 8.65. The summed E-state index contributed by atoms with van der Waals surface area (Å²) in [5, 5.41) is 3.64. The maximum absolute atomic E-state index is 3.64. The van der Waals surface area contributed by atoms with E-state index in [1.165, 1.54) is 49.2 Å². The van der Waals surface area contributed by atoms with Crippen molar-refractivity contribution in [2.24, 2.45) is 5.92 Å². The minimum absolute atomic E-state index is 0.867. The standard InChI is InChI=1S/C16H26N2/c1-13-4-5-14(2)16(10-13)12-17-11-15-6-8-18(3)9-7-15/h4-5,10,15,17H,6-9,11-12H2,1-3H3. The highest BCUT2D eigenvalue weighted by Crippen LogP contribution is 2.15. The molecular weight excluding hydrogens is 220 g/mol. The number of aryl methyl sites for hydroxylation is 2. The zero-order valence-electron chi connectivity index (χ0n) is 12.0. The second-order valence-corrected chi connectivity index (χ2v) is 5.81. The van der Waals surface area contributed by atoms with E-state index >= 15 is 0 Å². The normalized spacial score (nSPS) is 18.2. The molecule has 0 amide bonds. The van der Waals surface area contributed by atoms with Gasteiger partial charge in [-0.1, -0.05) is 23.8 Å². The van der Waals surface area contributed by atoms with E-state index in [0.29, 0.717) is 0 Å². The molecule has 1 aromatic rings. The van der Waals surface area contributed by atoms with Crippen LogP contribution in [0.25, 0.3) is 0 Å². The highest BCUT2D eigenvalue weighted by atomic mass is 15.1. The van der Waals surface area contributed by atoms with E-state index in [1.807, 2.05) is 0 Å². The van der Waals surface area contributed by atoms with Crippen LogP contribution in [-0.4, -0.2) is 31.6 Å². The molecule has 1 fully saturated rings. The molecule has 18 heavy (non-hydrogen) atoms. The Hall–Kier alpha value is -0.860. The van der Waals surface area contributed by atoms with Crippen molar-refractivity contribution in [1.29, 1.82) is 0 Å². The van der Waals surface area contributed by atoms with Crippen molar-refractivity contribution in [3.05, 3.63) is 34.9 Å². The van der Waals surface area contributed by atoms with Crippen LogP contribution >= 0.6 is 0 Å². The smallest absolute Gasteiger partial charge is 0.0208 e. The molecule has 1 aliphatic rings. The number of hydrogen-bond acceptors (Lipinski definition) is 2. The van der Waals surface area contributed by atoms with Crippen LogP contribution in [0.1, 0.15) is 29.5 Å². The first-order valence-electron chi connectivity index (χ1n) is 7.10. The summed E-state index contributed by atoms with van der Waals surface area (Å²) >= 11 is 0. The molecule has 0 bridgehead atoms. The third-order valence-electron chi connectivity index (χ3n) is 4.09. The van der Waals surface area contributed by atoms with E-state index < -0.39 is 0 Å². The number of nitrogens with one attached hydrogen (secondary N) is 1. The van der Waals surface area contributed by atoms with Crippen LogP contribution in [0.5, 0.6) is 0 Å². The van der Waals surface area contributed by atoms with Gasteiger partial charge in [-0.25, -0.2) is 0 Å².